The SMILES string of the molecule is CC1CN2CCCCC2CN1C(=O)NOCC(=O)O. The van der Waals surface area contributed by atoms with Crippen molar-refractivity contribution in [1.29, 1.82) is 0 Å². The largest absolute Gasteiger partial charge is 0.479 e. The molecule has 7 heteroatoms. The van der Waals surface area contributed by atoms with Gasteiger partial charge in [-0.3, -0.25) is 9.74 Å². The second-order valence-corrected chi connectivity index (χ2v) is 5.24. The lowest BCUT2D eigenvalue weighted by Gasteiger charge is -2.47. The van der Waals surface area contributed by atoms with Crippen molar-refractivity contribution in [3.8, 4) is 0 Å². The molecule has 108 valence electrons. The predicted octanol–water partition coefficient (Wildman–Crippen LogP) is 0.271. The van der Waals surface area contributed by atoms with E-state index < -0.39 is 12.6 Å². The Morgan fingerprint density at radius 3 is 2.89 bits per heavy atom. The van der Waals surface area contributed by atoms with E-state index in [-0.39, 0.29) is 12.1 Å². The molecule has 2 atom stereocenters. The van der Waals surface area contributed by atoms with Gasteiger partial charge in [-0.25, -0.2) is 15.1 Å². The molecule has 0 aliphatic carbocycles. The number of carboxylic acid groups (broad SMARTS) is 1. The number of amides is 2. The fraction of sp³-hybridized carbons (Fsp3) is 0.833. The Balaban J connectivity index is 1.85. The minimum Gasteiger partial charge on any atom is -0.479 e. The molecule has 0 radical (unpaired) electrons. The molecule has 0 spiro atoms. The van der Waals surface area contributed by atoms with Crippen LogP contribution >= 0.6 is 0 Å². The van der Waals surface area contributed by atoms with Gasteiger partial charge in [0.25, 0.3) is 0 Å². The van der Waals surface area contributed by atoms with Gasteiger partial charge in [-0.15, -0.1) is 0 Å². The zero-order chi connectivity index (χ0) is 13.8. The van der Waals surface area contributed by atoms with Crippen molar-refractivity contribution in [3.63, 3.8) is 0 Å². The number of nitrogens with zero attached hydrogens (tertiary/aromatic N) is 2. The number of piperazine rings is 1. The summed E-state index contributed by atoms with van der Waals surface area (Å²) in [7, 11) is 0. The number of carbonyl (C=O) groups excluding carboxylic acids is 1. The second-order valence-electron chi connectivity index (χ2n) is 5.24. The average Bonchev–Trinajstić information content (AvgIpc) is 2.37. The molecule has 2 unspecified atom stereocenters. The summed E-state index contributed by atoms with van der Waals surface area (Å²) in [5, 5.41) is 8.45. The highest BCUT2D eigenvalue weighted by atomic mass is 16.7. The van der Waals surface area contributed by atoms with Gasteiger partial charge in [0.2, 0.25) is 0 Å². The van der Waals surface area contributed by atoms with Gasteiger partial charge < -0.3 is 10.0 Å². The molecule has 2 rings (SSSR count). The van der Waals surface area contributed by atoms with Crippen LogP contribution in [0.1, 0.15) is 26.2 Å². The highest BCUT2D eigenvalue weighted by Crippen LogP contribution is 2.23. The summed E-state index contributed by atoms with van der Waals surface area (Å²) in [5.41, 5.74) is 2.20. The highest BCUT2D eigenvalue weighted by Gasteiger charge is 2.35. The van der Waals surface area contributed by atoms with Gasteiger partial charge in [0.05, 0.1) is 0 Å². The van der Waals surface area contributed by atoms with E-state index in [0.29, 0.717) is 12.6 Å². The third-order valence-electron chi connectivity index (χ3n) is 3.80. The number of piperidine rings is 1. The maximum Gasteiger partial charge on any atom is 0.341 e. The summed E-state index contributed by atoms with van der Waals surface area (Å²) in [6.45, 7) is 4.14. The van der Waals surface area contributed by atoms with Crippen LogP contribution in [-0.2, 0) is 9.63 Å². The highest BCUT2D eigenvalue weighted by molar-refractivity contribution is 5.74. The van der Waals surface area contributed by atoms with Crippen LogP contribution in [0.2, 0.25) is 0 Å². The molecule has 2 heterocycles. The van der Waals surface area contributed by atoms with Crippen LogP contribution in [0.4, 0.5) is 4.79 Å². The fourth-order valence-electron chi connectivity index (χ4n) is 2.85. The molecule has 2 amide bonds. The van der Waals surface area contributed by atoms with Crippen molar-refractivity contribution in [2.75, 3.05) is 26.2 Å². The van der Waals surface area contributed by atoms with E-state index in [9.17, 15) is 9.59 Å². The zero-order valence-electron chi connectivity index (χ0n) is 11.2. The van der Waals surface area contributed by atoms with Gasteiger partial charge in [0.1, 0.15) is 0 Å². The third-order valence-corrected chi connectivity index (χ3v) is 3.80. The van der Waals surface area contributed by atoms with Gasteiger partial charge in [-0.2, -0.15) is 0 Å². The van der Waals surface area contributed by atoms with E-state index in [4.69, 9.17) is 5.11 Å². The molecule has 0 bridgehead atoms. The third kappa shape index (κ3) is 3.57. The molecule has 0 saturated carbocycles. The summed E-state index contributed by atoms with van der Waals surface area (Å²) >= 11 is 0. The van der Waals surface area contributed by atoms with Gasteiger partial charge in [0.15, 0.2) is 6.61 Å². The van der Waals surface area contributed by atoms with Crippen molar-refractivity contribution < 1.29 is 19.5 Å². The van der Waals surface area contributed by atoms with Gasteiger partial charge in [-0.05, 0) is 26.3 Å². The molecular formula is C12H21N3O4. The Morgan fingerprint density at radius 2 is 2.16 bits per heavy atom. The van der Waals surface area contributed by atoms with Crippen LogP contribution in [0.15, 0.2) is 0 Å². The minimum absolute atomic E-state index is 0.114. The quantitative estimate of drug-likeness (QED) is 0.720. The van der Waals surface area contributed by atoms with Crippen LogP contribution in [0.25, 0.3) is 0 Å². The average molecular weight is 271 g/mol. The monoisotopic (exact) mass is 271 g/mol. The first kappa shape index (κ1) is 14.1. The summed E-state index contributed by atoms with van der Waals surface area (Å²) in [6, 6.07) is 0.192. The topological polar surface area (TPSA) is 82.1 Å². The predicted molar refractivity (Wildman–Crippen MR) is 67.5 cm³/mol. The van der Waals surface area contributed by atoms with Crippen LogP contribution in [0.5, 0.6) is 0 Å². The molecule has 19 heavy (non-hydrogen) atoms. The molecule has 2 saturated heterocycles. The smallest absolute Gasteiger partial charge is 0.341 e. The maximum atomic E-state index is 11.9. The first-order chi connectivity index (χ1) is 9.08. The van der Waals surface area contributed by atoms with E-state index in [0.717, 1.165) is 19.5 Å². The van der Waals surface area contributed by atoms with Crippen molar-refractivity contribution in [1.82, 2.24) is 15.3 Å². The van der Waals surface area contributed by atoms with Crippen LogP contribution in [0, 0.1) is 0 Å². The van der Waals surface area contributed by atoms with E-state index in [1.54, 1.807) is 4.90 Å². The van der Waals surface area contributed by atoms with Crippen molar-refractivity contribution >= 4 is 12.0 Å². The van der Waals surface area contributed by atoms with Crippen molar-refractivity contribution in [3.05, 3.63) is 0 Å². The molecule has 0 aromatic heterocycles. The van der Waals surface area contributed by atoms with Crippen LogP contribution in [-0.4, -0.2) is 65.2 Å². The standard InChI is InChI=1S/C12H21N3O4/c1-9-6-14-5-3-2-4-10(14)7-15(9)12(18)13-19-8-11(16)17/h9-10H,2-8H2,1H3,(H,13,18)(H,16,17). The minimum atomic E-state index is -1.11. The number of aliphatic carboxylic acids is 1. The van der Waals surface area contributed by atoms with Gasteiger partial charge in [-0.1, -0.05) is 6.42 Å². The Morgan fingerprint density at radius 1 is 1.37 bits per heavy atom. The first-order valence-corrected chi connectivity index (χ1v) is 6.72. The fourth-order valence-corrected chi connectivity index (χ4v) is 2.85. The second kappa shape index (κ2) is 6.21. The van der Waals surface area contributed by atoms with Crippen molar-refractivity contribution in [2.24, 2.45) is 0 Å². The number of hydrogen-bond acceptors (Lipinski definition) is 4. The number of nitrogens with one attached hydrogen (secondary N) is 1. The van der Waals surface area contributed by atoms with E-state index in [1.165, 1.54) is 12.8 Å². The Labute approximate surface area is 112 Å². The van der Waals surface area contributed by atoms with E-state index >= 15 is 0 Å². The summed E-state index contributed by atoms with van der Waals surface area (Å²) < 4.78 is 0. The molecule has 0 aromatic rings. The van der Waals surface area contributed by atoms with Gasteiger partial charge in [0, 0.05) is 25.2 Å². The number of hydrogen-bond donors (Lipinski definition) is 2. The van der Waals surface area contributed by atoms with Gasteiger partial charge >= 0.3 is 12.0 Å². The first-order valence-electron chi connectivity index (χ1n) is 6.72. The molecule has 0 aromatic carbocycles. The maximum absolute atomic E-state index is 11.9. The lowest BCUT2D eigenvalue weighted by molar-refractivity contribution is -0.144. The summed E-state index contributed by atoms with van der Waals surface area (Å²) in [5.74, 6) is -1.11. The number of urea groups is 1. The number of carbonyl (C=O) groups is 2. The molecule has 2 N–H and O–H groups in total. The Bertz CT molecular complexity index is 350. The number of carboxylic acids is 1. The lowest BCUT2D eigenvalue weighted by atomic mass is 9.97. The summed E-state index contributed by atoms with van der Waals surface area (Å²) in [6.07, 6.45) is 3.56. The molecule has 2 aliphatic rings. The molecule has 7 nitrogen and oxygen atoms in total. The van der Waals surface area contributed by atoms with Crippen LogP contribution in [0.3, 0.4) is 0 Å². The number of hydroxylamine groups is 1. The molecule has 2 fully saturated rings. The lowest BCUT2D eigenvalue weighted by Crippen LogP contribution is -2.61. The number of rotatable bonds is 3. The van der Waals surface area contributed by atoms with Crippen molar-refractivity contribution in [2.45, 2.75) is 38.3 Å². The zero-order valence-corrected chi connectivity index (χ0v) is 11.2. The summed E-state index contributed by atoms with van der Waals surface area (Å²) in [4.78, 5) is 31.1. The van der Waals surface area contributed by atoms with Crippen LogP contribution < -0.4 is 5.48 Å². The number of fused-ring (bicyclic) bond motifs is 1. The normalized spacial score (nSPS) is 27.7. The Kier molecular flexibility index (Phi) is 4.60. The molecular weight excluding hydrogens is 250 g/mol. The van der Waals surface area contributed by atoms with E-state index in [2.05, 4.69) is 15.2 Å². The Hall–Kier alpha value is -1.34. The molecule has 2 aliphatic heterocycles. The van der Waals surface area contributed by atoms with E-state index in [1.807, 2.05) is 6.92 Å².